The van der Waals surface area contributed by atoms with Crippen LogP contribution in [0.5, 0.6) is 0 Å². The summed E-state index contributed by atoms with van der Waals surface area (Å²) in [6, 6.07) is 9.90. The van der Waals surface area contributed by atoms with Crippen LogP contribution in [0.3, 0.4) is 0 Å². The smallest absolute Gasteiger partial charge is 0.371 e. The second-order valence-corrected chi connectivity index (χ2v) is 3.19. The highest BCUT2D eigenvalue weighted by Gasteiger charge is 2.10. The van der Waals surface area contributed by atoms with Crippen LogP contribution in [0.15, 0.2) is 51.9 Å². The Balaban J connectivity index is 2.53. The van der Waals surface area contributed by atoms with Gasteiger partial charge in [0.1, 0.15) is 6.26 Å². The van der Waals surface area contributed by atoms with E-state index in [4.69, 9.17) is 9.52 Å². The minimum Gasteiger partial charge on any atom is -0.475 e. The van der Waals surface area contributed by atoms with Crippen molar-refractivity contribution in [1.82, 2.24) is 0 Å². The van der Waals surface area contributed by atoms with E-state index in [1.165, 1.54) is 6.26 Å². The number of hydrogen-bond donors (Lipinski definition) is 1. The standard InChI is InChI=1S/C12H8O4/c13-10-6-11(12(14)15)16-7-9(10)8-4-2-1-3-5-8/h1-7H,(H,14,15). The van der Waals surface area contributed by atoms with Gasteiger partial charge in [-0.05, 0) is 5.56 Å². The predicted molar refractivity (Wildman–Crippen MR) is 57.4 cm³/mol. The molecule has 0 aliphatic heterocycles. The van der Waals surface area contributed by atoms with Crippen molar-refractivity contribution in [2.24, 2.45) is 0 Å². The maximum atomic E-state index is 11.6. The van der Waals surface area contributed by atoms with Gasteiger partial charge < -0.3 is 9.52 Å². The Morgan fingerprint density at radius 2 is 1.88 bits per heavy atom. The van der Waals surface area contributed by atoms with Crippen LogP contribution >= 0.6 is 0 Å². The summed E-state index contributed by atoms with van der Waals surface area (Å²) in [5.41, 5.74) is 0.689. The number of carboxylic acid groups (broad SMARTS) is 1. The molecule has 80 valence electrons. The SMILES string of the molecule is O=C(O)c1cc(=O)c(-c2ccccc2)co1. The number of carbonyl (C=O) groups is 1. The predicted octanol–water partition coefficient (Wildman–Crippen LogP) is 2.00. The molecule has 0 aliphatic carbocycles. The van der Waals surface area contributed by atoms with Crippen LogP contribution in [-0.2, 0) is 0 Å². The molecule has 0 bridgehead atoms. The van der Waals surface area contributed by atoms with Gasteiger partial charge in [0.25, 0.3) is 0 Å². The Bertz CT molecular complexity index is 569. The monoisotopic (exact) mass is 216 g/mol. The third-order valence-corrected chi connectivity index (χ3v) is 2.13. The average Bonchev–Trinajstić information content (AvgIpc) is 2.30. The first kappa shape index (κ1) is 10.2. The van der Waals surface area contributed by atoms with Gasteiger partial charge in [-0.3, -0.25) is 4.79 Å². The molecule has 0 saturated heterocycles. The summed E-state index contributed by atoms with van der Waals surface area (Å²) in [6.45, 7) is 0. The van der Waals surface area contributed by atoms with E-state index in [0.717, 1.165) is 6.07 Å². The minimum absolute atomic E-state index is 0.352. The van der Waals surface area contributed by atoms with E-state index in [0.29, 0.717) is 11.1 Å². The Labute approximate surface area is 90.8 Å². The van der Waals surface area contributed by atoms with Crippen LogP contribution in [0.2, 0.25) is 0 Å². The summed E-state index contributed by atoms with van der Waals surface area (Å²) < 4.78 is 4.86. The van der Waals surface area contributed by atoms with E-state index in [-0.39, 0.29) is 11.2 Å². The fourth-order valence-corrected chi connectivity index (χ4v) is 1.35. The van der Waals surface area contributed by atoms with Gasteiger partial charge in [-0.1, -0.05) is 30.3 Å². The van der Waals surface area contributed by atoms with Gasteiger partial charge in [0.2, 0.25) is 5.76 Å². The first-order chi connectivity index (χ1) is 7.68. The molecule has 0 saturated carbocycles. The molecule has 0 spiro atoms. The summed E-state index contributed by atoms with van der Waals surface area (Å²) in [5.74, 6) is -1.61. The van der Waals surface area contributed by atoms with Crippen molar-refractivity contribution in [3.63, 3.8) is 0 Å². The van der Waals surface area contributed by atoms with Gasteiger partial charge in [-0.25, -0.2) is 4.79 Å². The largest absolute Gasteiger partial charge is 0.475 e. The van der Waals surface area contributed by atoms with Crippen LogP contribution in [0.25, 0.3) is 11.1 Å². The third-order valence-electron chi connectivity index (χ3n) is 2.13. The van der Waals surface area contributed by atoms with Crippen molar-refractivity contribution in [3.05, 3.63) is 58.6 Å². The number of carboxylic acids is 1. The number of rotatable bonds is 2. The van der Waals surface area contributed by atoms with Crippen LogP contribution in [0.4, 0.5) is 0 Å². The highest BCUT2D eigenvalue weighted by atomic mass is 16.4. The summed E-state index contributed by atoms with van der Waals surface area (Å²) in [4.78, 5) is 22.2. The molecule has 1 heterocycles. The van der Waals surface area contributed by atoms with Gasteiger partial charge in [0.15, 0.2) is 5.43 Å². The molecule has 4 heteroatoms. The molecule has 1 aromatic heterocycles. The third kappa shape index (κ3) is 1.86. The lowest BCUT2D eigenvalue weighted by atomic mass is 10.1. The highest BCUT2D eigenvalue weighted by molar-refractivity contribution is 5.84. The van der Waals surface area contributed by atoms with Crippen molar-refractivity contribution in [2.45, 2.75) is 0 Å². The fraction of sp³-hybridized carbons (Fsp3) is 0. The molecule has 0 amide bonds. The molecular formula is C12H8O4. The van der Waals surface area contributed by atoms with E-state index in [1.807, 2.05) is 6.07 Å². The van der Waals surface area contributed by atoms with Crippen molar-refractivity contribution < 1.29 is 14.3 Å². The normalized spacial score (nSPS) is 10.0. The molecule has 2 aromatic rings. The second-order valence-electron chi connectivity index (χ2n) is 3.19. The Hall–Kier alpha value is -2.36. The quantitative estimate of drug-likeness (QED) is 0.833. The summed E-state index contributed by atoms with van der Waals surface area (Å²) in [7, 11) is 0. The number of aromatic carboxylic acids is 1. The maximum Gasteiger partial charge on any atom is 0.371 e. The Morgan fingerprint density at radius 3 is 2.44 bits per heavy atom. The van der Waals surface area contributed by atoms with Gasteiger partial charge >= 0.3 is 5.97 Å². The first-order valence-corrected chi connectivity index (χ1v) is 4.60. The van der Waals surface area contributed by atoms with Crippen molar-refractivity contribution >= 4 is 5.97 Å². The van der Waals surface area contributed by atoms with E-state index < -0.39 is 5.97 Å². The molecular weight excluding hydrogens is 208 g/mol. The average molecular weight is 216 g/mol. The Morgan fingerprint density at radius 1 is 1.19 bits per heavy atom. The molecule has 1 N–H and O–H groups in total. The van der Waals surface area contributed by atoms with Gasteiger partial charge in [0, 0.05) is 6.07 Å². The van der Waals surface area contributed by atoms with Crippen LogP contribution in [-0.4, -0.2) is 11.1 Å². The second kappa shape index (κ2) is 4.02. The topological polar surface area (TPSA) is 67.5 Å². The van der Waals surface area contributed by atoms with E-state index in [9.17, 15) is 9.59 Å². The van der Waals surface area contributed by atoms with E-state index in [2.05, 4.69) is 0 Å². The van der Waals surface area contributed by atoms with Crippen LogP contribution in [0, 0.1) is 0 Å². The summed E-state index contributed by atoms with van der Waals surface area (Å²) in [6.07, 6.45) is 1.17. The van der Waals surface area contributed by atoms with Gasteiger partial charge in [-0.15, -0.1) is 0 Å². The lowest BCUT2D eigenvalue weighted by molar-refractivity contribution is 0.0659. The molecule has 16 heavy (non-hydrogen) atoms. The molecule has 2 rings (SSSR count). The molecule has 0 radical (unpaired) electrons. The maximum absolute atomic E-state index is 11.6. The zero-order chi connectivity index (χ0) is 11.5. The minimum atomic E-state index is -1.25. The zero-order valence-electron chi connectivity index (χ0n) is 8.21. The van der Waals surface area contributed by atoms with Crippen LogP contribution in [0.1, 0.15) is 10.6 Å². The molecule has 0 unspecified atom stereocenters. The van der Waals surface area contributed by atoms with E-state index in [1.54, 1.807) is 24.3 Å². The Kier molecular flexibility index (Phi) is 2.55. The number of benzene rings is 1. The zero-order valence-corrected chi connectivity index (χ0v) is 8.21. The fourth-order valence-electron chi connectivity index (χ4n) is 1.35. The van der Waals surface area contributed by atoms with Gasteiger partial charge in [0.05, 0.1) is 5.56 Å². The summed E-state index contributed by atoms with van der Waals surface area (Å²) in [5, 5.41) is 8.64. The van der Waals surface area contributed by atoms with E-state index >= 15 is 0 Å². The molecule has 0 fully saturated rings. The van der Waals surface area contributed by atoms with Crippen LogP contribution < -0.4 is 5.43 Å². The van der Waals surface area contributed by atoms with Crippen molar-refractivity contribution in [2.75, 3.05) is 0 Å². The molecule has 0 aliphatic rings. The molecule has 0 atom stereocenters. The highest BCUT2D eigenvalue weighted by Crippen LogP contribution is 2.14. The lowest BCUT2D eigenvalue weighted by Crippen LogP contribution is -2.07. The number of hydrogen-bond acceptors (Lipinski definition) is 3. The van der Waals surface area contributed by atoms with Gasteiger partial charge in [-0.2, -0.15) is 0 Å². The van der Waals surface area contributed by atoms with Crippen molar-refractivity contribution in [1.29, 1.82) is 0 Å². The molecule has 1 aromatic carbocycles. The lowest BCUT2D eigenvalue weighted by Gasteiger charge is -1.99. The molecule has 4 nitrogen and oxygen atoms in total. The summed E-state index contributed by atoms with van der Waals surface area (Å²) >= 11 is 0. The van der Waals surface area contributed by atoms with Crippen molar-refractivity contribution in [3.8, 4) is 11.1 Å². The first-order valence-electron chi connectivity index (χ1n) is 4.60.